The lowest BCUT2D eigenvalue weighted by molar-refractivity contribution is -0.182. The van der Waals surface area contributed by atoms with Crippen LogP contribution in [0.1, 0.15) is 51.9 Å². The Labute approximate surface area is 161 Å². The fourth-order valence-electron chi connectivity index (χ4n) is 5.58. The normalized spacial score (nSPS) is 42.9. The van der Waals surface area contributed by atoms with E-state index in [1.54, 1.807) is 6.92 Å². The summed E-state index contributed by atoms with van der Waals surface area (Å²) < 4.78 is 11.4. The highest BCUT2D eigenvalue weighted by atomic mass is 16.5. The minimum Gasteiger partial charge on any atom is -0.466 e. The molecule has 0 radical (unpaired) electrons. The van der Waals surface area contributed by atoms with E-state index in [2.05, 4.69) is 10.6 Å². The summed E-state index contributed by atoms with van der Waals surface area (Å²) in [6.45, 7) is 2.82. The highest BCUT2D eigenvalue weighted by Crippen LogP contribution is 2.40. The standard InChI is InChI=1S/C20H33N3O4/c1-2-26-20(25)14-8-13-17(24)12-9-15(11-6-4-3-5-7-11)22-10-16(12)27-19(13)23-18(14)21/h11-16,18-19,22-23H,2-10,21H2,1H3. The van der Waals surface area contributed by atoms with Crippen molar-refractivity contribution in [3.63, 3.8) is 0 Å². The van der Waals surface area contributed by atoms with E-state index < -0.39 is 18.3 Å². The molecule has 0 spiro atoms. The van der Waals surface area contributed by atoms with Crippen molar-refractivity contribution < 1.29 is 19.1 Å². The molecular weight excluding hydrogens is 346 g/mol. The summed E-state index contributed by atoms with van der Waals surface area (Å²) >= 11 is 0. The van der Waals surface area contributed by atoms with Gasteiger partial charge in [-0.05, 0) is 38.5 Å². The molecule has 7 nitrogen and oxygen atoms in total. The molecule has 7 heteroatoms. The van der Waals surface area contributed by atoms with Gasteiger partial charge < -0.3 is 20.5 Å². The molecule has 0 bridgehead atoms. The first-order chi connectivity index (χ1) is 13.1. The number of hydrogen-bond acceptors (Lipinski definition) is 7. The molecular formula is C20H33N3O4. The van der Waals surface area contributed by atoms with Crippen molar-refractivity contribution in [1.82, 2.24) is 10.6 Å². The number of nitrogens with two attached hydrogens (primary N) is 1. The second kappa shape index (κ2) is 8.15. The number of ketones is 1. The Hall–Kier alpha value is -1.02. The zero-order valence-corrected chi connectivity index (χ0v) is 16.2. The van der Waals surface area contributed by atoms with E-state index in [1.807, 2.05) is 0 Å². The van der Waals surface area contributed by atoms with Crippen LogP contribution in [0.2, 0.25) is 0 Å². The number of nitrogens with one attached hydrogen (secondary N) is 2. The molecule has 0 aromatic rings. The van der Waals surface area contributed by atoms with Gasteiger partial charge in [-0.3, -0.25) is 14.9 Å². The molecule has 7 atom stereocenters. The molecule has 3 heterocycles. The molecule has 4 fully saturated rings. The Bertz CT molecular complexity index is 565. The topological polar surface area (TPSA) is 103 Å². The summed E-state index contributed by atoms with van der Waals surface area (Å²) in [5.41, 5.74) is 6.13. The van der Waals surface area contributed by atoms with Crippen LogP contribution in [0.5, 0.6) is 0 Å². The van der Waals surface area contributed by atoms with E-state index >= 15 is 0 Å². The first-order valence-corrected chi connectivity index (χ1v) is 10.7. The minimum atomic E-state index is -0.541. The van der Waals surface area contributed by atoms with Crippen LogP contribution in [0, 0.1) is 23.7 Å². The summed E-state index contributed by atoms with van der Waals surface area (Å²) in [5.74, 6) is -0.283. The third-order valence-electron chi connectivity index (χ3n) is 7.06. The van der Waals surface area contributed by atoms with Gasteiger partial charge >= 0.3 is 5.97 Å². The minimum absolute atomic E-state index is 0.0709. The highest BCUT2D eigenvalue weighted by molar-refractivity contribution is 5.86. The predicted octanol–water partition coefficient (Wildman–Crippen LogP) is 0.912. The summed E-state index contributed by atoms with van der Waals surface area (Å²) in [6.07, 6.45) is 6.70. The van der Waals surface area contributed by atoms with E-state index in [-0.39, 0.29) is 29.7 Å². The highest BCUT2D eigenvalue weighted by Gasteiger charge is 2.52. The fraction of sp³-hybridized carbons (Fsp3) is 0.900. The van der Waals surface area contributed by atoms with Gasteiger partial charge in [0.25, 0.3) is 0 Å². The number of carbonyl (C=O) groups is 2. The summed E-state index contributed by atoms with van der Waals surface area (Å²) in [6, 6.07) is 0.412. The lowest BCUT2D eigenvalue weighted by Gasteiger charge is -2.50. The molecule has 3 aliphatic heterocycles. The molecule has 0 amide bonds. The van der Waals surface area contributed by atoms with Gasteiger partial charge in [-0.15, -0.1) is 0 Å². The number of esters is 1. The van der Waals surface area contributed by atoms with Crippen molar-refractivity contribution in [2.75, 3.05) is 13.2 Å². The number of fused-ring (bicyclic) bond motifs is 2. The van der Waals surface area contributed by atoms with Crippen molar-refractivity contribution in [3.8, 4) is 0 Å². The molecule has 152 valence electrons. The Morgan fingerprint density at radius 2 is 2.00 bits per heavy atom. The average molecular weight is 380 g/mol. The molecule has 1 aliphatic carbocycles. The van der Waals surface area contributed by atoms with Crippen molar-refractivity contribution >= 4 is 11.8 Å². The summed E-state index contributed by atoms with van der Waals surface area (Å²) in [5, 5.41) is 6.80. The van der Waals surface area contributed by atoms with E-state index in [0.717, 1.165) is 13.0 Å². The van der Waals surface area contributed by atoms with Crippen molar-refractivity contribution in [1.29, 1.82) is 0 Å². The quantitative estimate of drug-likeness (QED) is 0.627. The molecule has 4 rings (SSSR count). The molecule has 3 saturated heterocycles. The molecule has 4 N–H and O–H groups in total. The van der Waals surface area contributed by atoms with Crippen molar-refractivity contribution in [2.45, 2.75) is 76.4 Å². The first kappa shape index (κ1) is 19.3. The second-order valence-corrected chi connectivity index (χ2v) is 8.65. The lowest BCUT2D eigenvalue weighted by atomic mass is 9.71. The van der Waals surface area contributed by atoms with Crippen molar-refractivity contribution in [2.24, 2.45) is 29.4 Å². The SMILES string of the molecule is CCOC(=O)C1CC2C(=O)C3CC(C4CCCCC4)NCC3OC2NC1N. The van der Waals surface area contributed by atoms with Crippen LogP contribution in [0.15, 0.2) is 0 Å². The zero-order chi connectivity index (χ0) is 19.0. The van der Waals surface area contributed by atoms with Crippen molar-refractivity contribution in [3.05, 3.63) is 0 Å². The molecule has 0 aromatic carbocycles. The fourth-order valence-corrected chi connectivity index (χ4v) is 5.58. The lowest BCUT2D eigenvalue weighted by Crippen LogP contribution is -2.67. The molecule has 7 unspecified atom stereocenters. The smallest absolute Gasteiger partial charge is 0.311 e. The zero-order valence-electron chi connectivity index (χ0n) is 16.2. The summed E-state index contributed by atoms with van der Waals surface area (Å²) in [4.78, 5) is 25.5. The van der Waals surface area contributed by atoms with Gasteiger partial charge in [-0.1, -0.05) is 19.3 Å². The van der Waals surface area contributed by atoms with Gasteiger partial charge in [0.1, 0.15) is 12.0 Å². The molecule has 4 aliphatic rings. The number of rotatable bonds is 3. The van der Waals surface area contributed by atoms with Gasteiger partial charge in [0.15, 0.2) is 0 Å². The van der Waals surface area contributed by atoms with E-state index in [9.17, 15) is 9.59 Å². The largest absolute Gasteiger partial charge is 0.466 e. The molecule has 1 saturated carbocycles. The van der Waals surface area contributed by atoms with Crippen LogP contribution in [0.25, 0.3) is 0 Å². The monoisotopic (exact) mass is 379 g/mol. The van der Waals surface area contributed by atoms with Gasteiger partial charge in [-0.2, -0.15) is 0 Å². The van der Waals surface area contributed by atoms with Crippen LogP contribution in [0.3, 0.4) is 0 Å². The van der Waals surface area contributed by atoms with Gasteiger partial charge in [0.05, 0.1) is 30.7 Å². The van der Waals surface area contributed by atoms with Crippen LogP contribution >= 0.6 is 0 Å². The van der Waals surface area contributed by atoms with E-state index in [4.69, 9.17) is 15.2 Å². The van der Waals surface area contributed by atoms with Crippen LogP contribution in [0.4, 0.5) is 0 Å². The maximum atomic E-state index is 13.3. The van der Waals surface area contributed by atoms with E-state index in [1.165, 1.54) is 32.1 Å². The third-order valence-corrected chi connectivity index (χ3v) is 7.06. The predicted molar refractivity (Wildman–Crippen MR) is 99.5 cm³/mol. The van der Waals surface area contributed by atoms with Crippen LogP contribution in [-0.2, 0) is 19.1 Å². The van der Waals surface area contributed by atoms with E-state index in [0.29, 0.717) is 25.0 Å². The number of hydrogen-bond donors (Lipinski definition) is 3. The number of ether oxygens (including phenoxy) is 2. The maximum absolute atomic E-state index is 13.3. The molecule has 27 heavy (non-hydrogen) atoms. The third kappa shape index (κ3) is 3.79. The first-order valence-electron chi connectivity index (χ1n) is 10.7. The Morgan fingerprint density at radius 3 is 2.74 bits per heavy atom. The number of piperidine rings is 2. The summed E-state index contributed by atoms with van der Waals surface area (Å²) in [7, 11) is 0. The van der Waals surface area contributed by atoms with Gasteiger partial charge in [-0.25, -0.2) is 0 Å². The molecule has 0 aromatic heterocycles. The van der Waals surface area contributed by atoms with Crippen LogP contribution in [-0.4, -0.2) is 49.4 Å². The van der Waals surface area contributed by atoms with Gasteiger partial charge in [0, 0.05) is 18.5 Å². The Balaban J connectivity index is 1.44. The Kier molecular flexibility index (Phi) is 5.83. The van der Waals surface area contributed by atoms with Crippen LogP contribution < -0.4 is 16.4 Å². The maximum Gasteiger partial charge on any atom is 0.311 e. The number of Topliss-reactive ketones (excluding diaryl/α,β-unsaturated/α-hetero) is 1. The Morgan fingerprint density at radius 1 is 1.22 bits per heavy atom. The average Bonchev–Trinajstić information content (AvgIpc) is 2.68. The van der Waals surface area contributed by atoms with Gasteiger partial charge in [0.2, 0.25) is 0 Å². The second-order valence-electron chi connectivity index (χ2n) is 8.65. The number of carbonyl (C=O) groups excluding carboxylic acids is 2.